The topological polar surface area (TPSA) is 78.6 Å². The smallest absolute Gasteiger partial charge is 0.299 e. The maximum absolute atomic E-state index is 10.0. The second-order valence-corrected chi connectivity index (χ2v) is 9.69. The van der Waals surface area contributed by atoms with Gasteiger partial charge in [-0.05, 0) is 31.0 Å². The summed E-state index contributed by atoms with van der Waals surface area (Å²) in [5.74, 6) is 0. The van der Waals surface area contributed by atoms with E-state index < -0.39 is 6.10 Å². The van der Waals surface area contributed by atoms with E-state index in [1.54, 1.807) is 0 Å². The number of pyridine rings is 1. The number of halogens is 1. The molecule has 8 heteroatoms. The van der Waals surface area contributed by atoms with Crippen LogP contribution in [0.15, 0.2) is 60.7 Å². The lowest BCUT2D eigenvalue weighted by Gasteiger charge is -2.19. The molecule has 1 N–H and O–H groups in total. The van der Waals surface area contributed by atoms with Crippen LogP contribution in [0.4, 0.5) is 0 Å². The molecule has 0 amide bonds. The summed E-state index contributed by atoms with van der Waals surface area (Å²) in [6.07, 6.45) is -1.67. The largest absolute Gasteiger partial charge is 0.456 e. The second kappa shape index (κ2) is 8.91. The van der Waals surface area contributed by atoms with Crippen LogP contribution in [0.1, 0.15) is 19.9 Å². The quantitative estimate of drug-likeness (QED) is 0.427. The molecule has 2 aromatic heterocycles. The van der Waals surface area contributed by atoms with Crippen LogP contribution in [0, 0.1) is 0 Å². The first-order valence-electron chi connectivity index (χ1n) is 11.8. The van der Waals surface area contributed by atoms with Gasteiger partial charge in [-0.1, -0.05) is 66.2 Å². The fraction of sp³-hybridized carbons (Fsp3) is 0.333. The Balaban J connectivity index is 1.35. The molecule has 4 aromatic rings. The average Bonchev–Trinajstić information content (AvgIpc) is 3.54. The first-order chi connectivity index (χ1) is 17.0. The van der Waals surface area contributed by atoms with Crippen LogP contribution in [0.5, 0.6) is 6.01 Å². The van der Waals surface area contributed by atoms with E-state index in [2.05, 4.69) is 38.1 Å². The lowest BCUT2D eigenvalue weighted by atomic mass is 10.0. The van der Waals surface area contributed by atoms with Gasteiger partial charge in [0.25, 0.3) is 6.01 Å². The Morgan fingerprint density at radius 2 is 1.63 bits per heavy atom. The molecule has 2 aliphatic rings. The molecule has 2 saturated heterocycles. The van der Waals surface area contributed by atoms with Crippen molar-refractivity contribution in [2.45, 2.75) is 44.3 Å². The summed E-state index contributed by atoms with van der Waals surface area (Å²) in [7, 11) is 0. The molecule has 0 saturated carbocycles. The summed E-state index contributed by atoms with van der Waals surface area (Å²) in [5.41, 5.74) is 5.26. The van der Waals surface area contributed by atoms with Gasteiger partial charge in [0.2, 0.25) is 0 Å². The van der Waals surface area contributed by atoms with E-state index in [1.807, 2.05) is 41.0 Å². The summed E-state index contributed by atoms with van der Waals surface area (Å²) in [4.78, 5) is 9.63. The number of benzene rings is 2. The number of aliphatic hydroxyl groups is 1. The zero-order valence-electron chi connectivity index (χ0n) is 19.5. The molecule has 35 heavy (non-hydrogen) atoms. The molecule has 0 spiro atoms. The minimum Gasteiger partial charge on any atom is -0.456 e. The SMILES string of the molecule is CC(C)n1c(O[C@@H]2CO[C@H]3[C@@H]2OC[C@H]3O)nc2cc(Cl)c(-c3ccc(-c4ccccc4)cc3)nc21. The van der Waals surface area contributed by atoms with Crippen molar-refractivity contribution in [2.75, 3.05) is 13.2 Å². The Kier molecular flexibility index (Phi) is 5.73. The highest BCUT2D eigenvalue weighted by atomic mass is 35.5. The molecule has 0 bridgehead atoms. The molecular weight excluding hydrogens is 466 g/mol. The predicted octanol–water partition coefficient (Wildman–Crippen LogP) is 4.91. The van der Waals surface area contributed by atoms with Gasteiger partial charge < -0.3 is 19.3 Å². The van der Waals surface area contributed by atoms with E-state index in [-0.39, 0.29) is 31.0 Å². The summed E-state index contributed by atoms with van der Waals surface area (Å²) in [5, 5.41) is 10.6. The maximum atomic E-state index is 10.0. The van der Waals surface area contributed by atoms with Crippen LogP contribution in [-0.4, -0.2) is 57.3 Å². The third kappa shape index (κ3) is 3.98. The normalized spacial score (nSPS) is 23.8. The molecule has 0 unspecified atom stereocenters. The number of fused-ring (bicyclic) bond motifs is 2. The summed E-state index contributed by atoms with van der Waals surface area (Å²) < 4.78 is 19.7. The standard InChI is InChI=1S/C27H26ClN3O4/c1-15(2)31-26-20(29-27(31)35-22-14-34-24-21(32)13-33-25(22)24)12-19(28)23(30-26)18-10-8-17(9-11-18)16-6-4-3-5-7-16/h3-12,15,21-22,24-25,32H,13-14H2,1-2H3/t21-,22-,24-,25-/m1/s1. The number of aromatic nitrogens is 3. The molecule has 6 rings (SSSR count). The van der Waals surface area contributed by atoms with Gasteiger partial charge in [-0.15, -0.1) is 0 Å². The fourth-order valence-electron chi connectivity index (χ4n) is 4.86. The molecule has 0 aliphatic carbocycles. The van der Waals surface area contributed by atoms with E-state index in [0.717, 1.165) is 16.7 Å². The fourth-order valence-corrected chi connectivity index (χ4v) is 5.11. The number of hydrogen-bond acceptors (Lipinski definition) is 6. The van der Waals surface area contributed by atoms with E-state index >= 15 is 0 Å². The van der Waals surface area contributed by atoms with Crippen LogP contribution in [0.2, 0.25) is 5.02 Å². The van der Waals surface area contributed by atoms with Gasteiger partial charge in [-0.25, -0.2) is 4.98 Å². The van der Waals surface area contributed by atoms with Gasteiger partial charge >= 0.3 is 0 Å². The van der Waals surface area contributed by atoms with Crippen molar-refractivity contribution in [3.8, 4) is 28.4 Å². The van der Waals surface area contributed by atoms with Crippen molar-refractivity contribution in [3.63, 3.8) is 0 Å². The third-order valence-electron chi connectivity index (χ3n) is 6.61. The highest BCUT2D eigenvalue weighted by molar-refractivity contribution is 6.33. The Bertz CT molecular complexity index is 1360. The molecule has 7 nitrogen and oxygen atoms in total. The third-order valence-corrected chi connectivity index (χ3v) is 6.90. The van der Waals surface area contributed by atoms with Gasteiger partial charge in [0, 0.05) is 11.6 Å². The molecule has 180 valence electrons. The van der Waals surface area contributed by atoms with Gasteiger partial charge in [-0.3, -0.25) is 4.57 Å². The zero-order chi connectivity index (χ0) is 24.1. The van der Waals surface area contributed by atoms with Crippen molar-refractivity contribution in [1.82, 2.24) is 14.5 Å². The van der Waals surface area contributed by atoms with E-state index in [0.29, 0.717) is 34.5 Å². The van der Waals surface area contributed by atoms with E-state index in [4.69, 9.17) is 35.8 Å². The van der Waals surface area contributed by atoms with Crippen molar-refractivity contribution < 1.29 is 19.3 Å². The van der Waals surface area contributed by atoms with Gasteiger partial charge in [0.1, 0.15) is 23.8 Å². The molecule has 2 fully saturated rings. The second-order valence-electron chi connectivity index (χ2n) is 9.28. The number of ether oxygens (including phenoxy) is 3. The van der Waals surface area contributed by atoms with Crippen LogP contribution >= 0.6 is 11.6 Å². The molecule has 0 radical (unpaired) electrons. The van der Waals surface area contributed by atoms with Crippen LogP contribution in [0.25, 0.3) is 33.5 Å². The zero-order valence-corrected chi connectivity index (χ0v) is 20.2. The van der Waals surface area contributed by atoms with E-state index in [9.17, 15) is 5.11 Å². The van der Waals surface area contributed by atoms with Gasteiger partial charge in [-0.2, -0.15) is 4.98 Å². The number of hydrogen-bond donors (Lipinski definition) is 1. The number of nitrogens with zero attached hydrogens (tertiary/aromatic N) is 3. The summed E-state index contributed by atoms with van der Waals surface area (Å²) in [6.45, 7) is 4.70. The first kappa shape index (κ1) is 22.5. The van der Waals surface area contributed by atoms with Crippen molar-refractivity contribution in [1.29, 1.82) is 0 Å². The number of rotatable bonds is 5. The molecule has 4 heterocycles. The number of aliphatic hydroxyl groups excluding tert-OH is 1. The highest BCUT2D eigenvalue weighted by Crippen LogP contribution is 2.35. The molecular formula is C27H26ClN3O4. The number of imidazole rings is 1. The average molecular weight is 492 g/mol. The Morgan fingerprint density at radius 3 is 2.37 bits per heavy atom. The molecule has 2 aliphatic heterocycles. The first-order valence-corrected chi connectivity index (χ1v) is 12.2. The van der Waals surface area contributed by atoms with Crippen molar-refractivity contribution in [3.05, 3.63) is 65.7 Å². The lowest BCUT2D eigenvalue weighted by molar-refractivity contribution is 0.00593. The minimum absolute atomic E-state index is 0.0465. The van der Waals surface area contributed by atoms with Crippen molar-refractivity contribution in [2.24, 2.45) is 0 Å². The van der Waals surface area contributed by atoms with Crippen LogP contribution < -0.4 is 4.74 Å². The molecule has 2 aromatic carbocycles. The molecule has 4 atom stereocenters. The minimum atomic E-state index is -0.631. The summed E-state index contributed by atoms with van der Waals surface area (Å²) in [6, 6.07) is 20.8. The Morgan fingerprint density at radius 1 is 0.943 bits per heavy atom. The maximum Gasteiger partial charge on any atom is 0.299 e. The van der Waals surface area contributed by atoms with Gasteiger partial charge in [0.15, 0.2) is 11.8 Å². The van der Waals surface area contributed by atoms with Crippen LogP contribution in [-0.2, 0) is 9.47 Å². The van der Waals surface area contributed by atoms with Crippen LogP contribution in [0.3, 0.4) is 0 Å². The van der Waals surface area contributed by atoms with Crippen molar-refractivity contribution >= 4 is 22.8 Å². The Labute approximate surface area is 208 Å². The van der Waals surface area contributed by atoms with Gasteiger partial charge in [0.05, 0.1) is 23.9 Å². The lowest BCUT2D eigenvalue weighted by Crippen LogP contribution is -2.35. The monoisotopic (exact) mass is 491 g/mol. The predicted molar refractivity (Wildman–Crippen MR) is 134 cm³/mol. The summed E-state index contributed by atoms with van der Waals surface area (Å²) >= 11 is 6.67. The van der Waals surface area contributed by atoms with E-state index in [1.165, 1.54) is 0 Å². The highest BCUT2D eigenvalue weighted by Gasteiger charge is 2.49. The Hall–Kier alpha value is -2.97.